The molecule has 3 rings (SSSR count). The maximum absolute atomic E-state index is 12.3. The van der Waals surface area contributed by atoms with Crippen molar-refractivity contribution >= 4 is 39.8 Å². The number of carbonyl (C=O) groups excluding carboxylic acids is 2. The molecule has 1 fully saturated rings. The molecule has 0 spiro atoms. The summed E-state index contributed by atoms with van der Waals surface area (Å²) in [4.78, 5) is 23.6. The molecule has 3 N–H and O–H groups in total. The van der Waals surface area contributed by atoms with Crippen LogP contribution in [-0.4, -0.2) is 117 Å². The van der Waals surface area contributed by atoms with Crippen LogP contribution in [0.1, 0.15) is 126 Å². The van der Waals surface area contributed by atoms with Crippen molar-refractivity contribution < 1.29 is 53.0 Å². The first kappa shape index (κ1) is 52.8. The van der Waals surface area contributed by atoms with Gasteiger partial charge in [0.05, 0.1) is 25.9 Å². The fourth-order valence-electron chi connectivity index (χ4n) is 8.07. The number of esters is 1. The number of ether oxygens (including phenoxy) is 5. The molecule has 0 amide bonds. The summed E-state index contributed by atoms with van der Waals surface area (Å²) in [6.07, 6.45) is 2.45. The van der Waals surface area contributed by atoms with Crippen LogP contribution >= 0.6 is 0 Å². The van der Waals surface area contributed by atoms with Gasteiger partial charge in [-0.05, 0) is 35.2 Å². The molecule has 0 aliphatic carbocycles. The summed E-state index contributed by atoms with van der Waals surface area (Å²) >= 11 is -0.839. The van der Waals surface area contributed by atoms with Crippen LogP contribution in [0.4, 0.5) is 0 Å². The Balaban J connectivity index is 0.000000763. The molecular formula is C45H79O11SiSn. The van der Waals surface area contributed by atoms with Gasteiger partial charge in [0.1, 0.15) is 49.0 Å². The van der Waals surface area contributed by atoms with Gasteiger partial charge in [0.15, 0.2) is 20.7 Å². The molecular weight excluding hydrogens is 863 g/mol. The zero-order chi connectivity index (χ0) is 43.3. The van der Waals surface area contributed by atoms with Gasteiger partial charge in [-0.3, -0.25) is 4.79 Å². The third-order valence-corrected chi connectivity index (χ3v) is 26.6. The van der Waals surface area contributed by atoms with Gasteiger partial charge >= 0.3 is 98.3 Å². The van der Waals surface area contributed by atoms with Gasteiger partial charge in [0.2, 0.25) is 0 Å². The van der Waals surface area contributed by atoms with Crippen LogP contribution in [0.3, 0.4) is 0 Å². The molecule has 2 aliphatic rings. The number of aliphatic hydroxyl groups is 3. The Hall–Kier alpha value is -1.36. The topological polar surface area (TPSA) is 150 Å². The van der Waals surface area contributed by atoms with Crippen molar-refractivity contribution in [3.63, 3.8) is 0 Å². The second-order valence-corrected chi connectivity index (χ2v) is 31.0. The third-order valence-electron chi connectivity index (χ3n) is 11.4. The van der Waals surface area contributed by atoms with E-state index in [0.29, 0.717) is 0 Å². The summed E-state index contributed by atoms with van der Waals surface area (Å²) in [5.41, 5.74) is 1.77. The zero-order valence-electron chi connectivity index (χ0n) is 37.4. The molecule has 0 bridgehead atoms. The summed E-state index contributed by atoms with van der Waals surface area (Å²) in [7, 11) is -2.34. The second-order valence-electron chi connectivity index (χ2n) is 17.0. The van der Waals surface area contributed by atoms with Gasteiger partial charge in [-0.25, -0.2) is 0 Å². The number of aliphatic hydroxyl groups excluding tert-OH is 3. The minimum absolute atomic E-state index is 0.0117. The number of hydrogen-bond acceptors (Lipinski definition) is 11. The number of unbranched alkanes of at least 4 members (excludes halogenated alkanes) is 3. The van der Waals surface area contributed by atoms with E-state index in [4.69, 9.17) is 28.1 Å². The first-order chi connectivity index (χ1) is 27.6. The Morgan fingerprint density at radius 1 is 0.776 bits per heavy atom. The van der Waals surface area contributed by atoms with E-state index in [9.17, 15) is 24.9 Å². The van der Waals surface area contributed by atoms with Gasteiger partial charge in [0, 0.05) is 6.42 Å². The first-order valence-corrected chi connectivity index (χ1v) is 30.3. The molecule has 2 aliphatic heterocycles. The van der Waals surface area contributed by atoms with Gasteiger partial charge in [-0.2, -0.15) is 0 Å². The van der Waals surface area contributed by atoms with Crippen LogP contribution in [0.5, 0.6) is 0 Å². The molecule has 11 nitrogen and oxygen atoms in total. The van der Waals surface area contributed by atoms with E-state index in [1.165, 1.54) is 51.7 Å². The van der Waals surface area contributed by atoms with E-state index >= 15 is 0 Å². The van der Waals surface area contributed by atoms with Crippen molar-refractivity contribution in [1.82, 2.24) is 0 Å². The van der Waals surface area contributed by atoms with Crippen molar-refractivity contribution in [1.29, 1.82) is 0 Å². The van der Waals surface area contributed by atoms with Crippen LogP contribution in [0.25, 0.3) is 0 Å². The number of hydrogen-bond donors (Lipinski definition) is 3. The molecule has 0 unspecified atom stereocenters. The number of benzene rings is 1. The van der Waals surface area contributed by atoms with Crippen molar-refractivity contribution in [2.75, 3.05) is 13.2 Å². The Morgan fingerprint density at radius 2 is 1.34 bits per heavy atom. The number of carbonyl (C=O) groups is 2. The summed E-state index contributed by atoms with van der Waals surface area (Å²) in [5, 5.41) is 32.7. The van der Waals surface area contributed by atoms with Crippen LogP contribution in [0.2, 0.25) is 29.9 Å². The Morgan fingerprint density at radius 3 is 1.86 bits per heavy atom. The Kier molecular flexibility index (Phi) is 25.7. The molecule has 58 heavy (non-hydrogen) atoms. The number of rotatable bonds is 25. The molecule has 1 aromatic rings. The summed E-state index contributed by atoms with van der Waals surface area (Å²) in [6, 6.07) is 9.52. The predicted octanol–water partition coefficient (Wildman–Crippen LogP) is 8.66. The maximum atomic E-state index is 12.3. The SMILES string of the molecule is CC(=O)CCC(=O)OC[C@H]1OC=C[C@H](OCc2ccccc2)[C@@H]1O[C@@H]1O[C@H](CO[Si](C(C)C)(C(C)C)C(C)C)[C@H](O)[C@H](O)[C@H]1O.CCC[CH2][Sn]([CH2]CCC)[CH2]CCC. The quantitative estimate of drug-likeness (QED) is 0.0639. The molecule has 0 aromatic heterocycles. The van der Waals surface area contributed by atoms with E-state index in [2.05, 4.69) is 62.3 Å². The van der Waals surface area contributed by atoms with Gasteiger partial charge in [-0.1, -0.05) is 71.9 Å². The van der Waals surface area contributed by atoms with Gasteiger partial charge < -0.3 is 48.2 Å². The van der Waals surface area contributed by atoms with E-state index < -0.39 is 83.1 Å². The molecule has 13 heteroatoms. The summed E-state index contributed by atoms with van der Waals surface area (Å²) < 4.78 is 41.4. The van der Waals surface area contributed by atoms with Crippen LogP contribution in [-0.2, 0) is 44.3 Å². The van der Waals surface area contributed by atoms with Crippen molar-refractivity contribution in [2.45, 2.75) is 206 Å². The molecule has 333 valence electrons. The second kappa shape index (κ2) is 28.3. The molecule has 2 heterocycles. The molecule has 1 aromatic carbocycles. The van der Waals surface area contributed by atoms with Gasteiger partial charge in [-0.15, -0.1) is 0 Å². The Labute approximate surface area is 358 Å². The van der Waals surface area contributed by atoms with Crippen LogP contribution in [0, 0.1) is 0 Å². The van der Waals surface area contributed by atoms with E-state index in [1.54, 1.807) is 19.4 Å². The third kappa shape index (κ3) is 17.2. The summed E-state index contributed by atoms with van der Waals surface area (Å²) in [6.45, 7) is 21.3. The zero-order valence-corrected chi connectivity index (χ0v) is 41.3. The fourth-order valence-corrected chi connectivity index (χ4v) is 23.0. The minimum atomic E-state index is -2.34. The van der Waals surface area contributed by atoms with E-state index in [0.717, 1.165) is 5.56 Å². The van der Waals surface area contributed by atoms with Crippen molar-refractivity contribution in [2.24, 2.45) is 0 Å². The molecule has 1 radical (unpaired) electrons. The first-order valence-electron chi connectivity index (χ1n) is 22.1. The normalized spacial score (nSPS) is 24.8. The Bertz CT molecular complexity index is 1260. The van der Waals surface area contributed by atoms with Crippen LogP contribution in [0.15, 0.2) is 42.7 Å². The van der Waals surface area contributed by atoms with Crippen molar-refractivity contribution in [3.05, 3.63) is 48.2 Å². The van der Waals surface area contributed by atoms with E-state index in [-0.39, 0.29) is 55.1 Å². The average Bonchev–Trinajstić information content (AvgIpc) is 3.19. The predicted molar refractivity (Wildman–Crippen MR) is 233 cm³/mol. The molecule has 0 saturated carbocycles. The van der Waals surface area contributed by atoms with E-state index in [1.807, 2.05) is 30.3 Å². The molecule has 8 atom stereocenters. The standard InChI is InChI=1S/C33H52O11Si.3C4H9.Sn/c1-20(2)45(21(3)4,22(5)6)42-19-26-29(36)30(37)31(38)33(43-26)44-32-25(40-17-24-11-9-8-10-12-24)15-16-39-27(32)18-41-28(35)14-13-23(7)34;3*1-3-4-2;/h8-12,15-16,20-22,25-27,29-33,36-38H,13-14,17-19H2,1-7H3;3*1,3-4H2,2H3;/t25-,26+,27+,29-,30-,31+,32-,33-;;;;/m0..../s1. The molecule has 1 saturated heterocycles. The number of ketones is 1. The van der Waals surface area contributed by atoms with Crippen LogP contribution < -0.4 is 0 Å². The summed E-state index contributed by atoms with van der Waals surface area (Å²) in [5.74, 6) is -0.695. The average molecular weight is 943 g/mol. The monoisotopic (exact) mass is 943 g/mol. The fraction of sp³-hybridized carbons (Fsp3) is 0.778. The van der Waals surface area contributed by atoms with Crippen molar-refractivity contribution in [3.8, 4) is 0 Å². The van der Waals surface area contributed by atoms with Gasteiger partial charge in [0.25, 0.3) is 0 Å². The number of Topliss-reactive ketones (excluding diaryl/α,β-unsaturated/α-hetero) is 1.